The van der Waals surface area contributed by atoms with Crippen molar-refractivity contribution in [2.24, 2.45) is 5.73 Å². The molecule has 2 N–H and O–H groups in total. The molecule has 1 fully saturated rings. The third-order valence-electron chi connectivity index (χ3n) is 3.40. The van der Waals surface area contributed by atoms with Gasteiger partial charge in [0.25, 0.3) is 0 Å². The molecule has 0 bridgehead atoms. The summed E-state index contributed by atoms with van der Waals surface area (Å²) < 4.78 is 26.3. The molecule has 1 atom stereocenters. The molecule has 1 amide bonds. The smallest absolute Gasteiger partial charge is 0.319 e. The van der Waals surface area contributed by atoms with E-state index in [1.165, 1.54) is 12.4 Å². The van der Waals surface area contributed by atoms with Crippen LogP contribution in [0.4, 0.5) is 8.78 Å². The van der Waals surface area contributed by atoms with E-state index in [2.05, 4.69) is 4.98 Å². The van der Waals surface area contributed by atoms with E-state index in [1.54, 1.807) is 11.8 Å². The van der Waals surface area contributed by atoms with Gasteiger partial charge in [0.15, 0.2) is 0 Å². The second-order valence-electron chi connectivity index (χ2n) is 4.92. The molecule has 0 spiro atoms. The van der Waals surface area contributed by atoms with Crippen LogP contribution in [0, 0.1) is 0 Å². The number of hydrogen-bond acceptors (Lipinski definition) is 4. The van der Waals surface area contributed by atoms with Gasteiger partial charge >= 0.3 is 6.55 Å². The Balaban J connectivity index is 0.00000220. The molecular formula is C12H21Cl2F2N5O. The SMILES string of the molecule is C[C@@H](N)C(=O)N1CCN(Cc2nccn2C(F)F)CC1.Cl.Cl. The highest BCUT2D eigenvalue weighted by molar-refractivity contribution is 5.85. The molecule has 128 valence electrons. The molecule has 2 heterocycles. The minimum absolute atomic E-state index is 0. The van der Waals surface area contributed by atoms with Gasteiger partial charge < -0.3 is 10.6 Å². The largest absolute Gasteiger partial charge is 0.339 e. The minimum atomic E-state index is -2.58. The highest BCUT2D eigenvalue weighted by Gasteiger charge is 2.24. The summed E-state index contributed by atoms with van der Waals surface area (Å²) in [7, 11) is 0. The molecule has 1 aromatic heterocycles. The van der Waals surface area contributed by atoms with Crippen LogP contribution in [0.5, 0.6) is 0 Å². The number of hydrogen-bond donors (Lipinski definition) is 1. The van der Waals surface area contributed by atoms with Crippen molar-refractivity contribution in [3.8, 4) is 0 Å². The summed E-state index contributed by atoms with van der Waals surface area (Å²) in [5.74, 6) is 0.269. The summed E-state index contributed by atoms with van der Waals surface area (Å²) >= 11 is 0. The topological polar surface area (TPSA) is 67.4 Å². The molecule has 0 saturated carbocycles. The highest BCUT2D eigenvalue weighted by atomic mass is 35.5. The summed E-state index contributed by atoms with van der Waals surface area (Å²) in [6.07, 6.45) is 2.65. The molecular weight excluding hydrogens is 339 g/mol. The van der Waals surface area contributed by atoms with Gasteiger partial charge in [0, 0.05) is 38.6 Å². The summed E-state index contributed by atoms with van der Waals surface area (Å²) in [6, 6.07) is -0.501. The van der Waals surface area contributed by atoms with Gasteiger partial charge in [-0.15, -0.1) is 24.8 Å². The van der Waals surface area contributed by atoms with Crippen LogP contribution in [-0.2, 0) is 11.3 Å². The average molecular weight is 360 g/mol. The van der Waals surface area contributed by atoms with Crippen LogP contribution in [0.2, 0.25) is 0 Å². The van der Waals surface area contributed by atoms with Crippen LogP contribution in [-0.4, -0.2) is 57.5 Å². The van der Waals surface area contributed by atoms with Crippen molar-refractivity contribution in [3.05, 3.63) is 18.2 Å². The molecule has 6 nitrogen and oxygen atoms in total. The van der Waals surface area contributed by atoms with Crippen molar-refractivity contribution < 1.29 is 13.6 Å². The first-order valence-electron chi connectivity index (χ1n) is 6.55. The third kappa shape index (κ3) is 5.05. The van der Waals surface area contributed by atoms with Crippen molar-refractivity contribution >= 4 is 30.7 Å². The fourth-order valence-electron chi connectivity index (χ4n) is 2.26. The number of carbonyl (C=O) groups excluding carboxylic acids is 1. The van der Waals surface area contributed by atoms with E-state index in [9.17, 15) is 13.6 Å². The lowest BCUT2D eigenvalue weighted by Crippen LogP contribution is -2.52. The van der Waals surface area contributed by atoms with Crippen LogP contribution in [0.25, 0.3) is 0 Å². The van der Waals surface area contributed by atoms with Crippen LogP contribution in [0.3, 0.4) is 0 Å². The van der Waals surface area contributed by atoms with E-state index >= 15 is 0 Å². The number of rotatable bonds is 4. The summed E-state index contributed by atoms with van der Waals surface area (Å²) in [5.41, 5.74) is 5.56. The standard InChI is InChI=1S/C12H19F2N5O.2ClH/c1-9(15)11(20)18-6-4-17(5-7-18)8-10-16-2-3-19(10)12(13)14;;/h2-3,9,12H,4-8,15H2,1H3;2*1H/t9-;;/m1../s1. The number of halogens is 4. The van der Waals surface area contributed by atoms with Gasteiger partial charge in [-0.2, -0.15) is 8.78 Å². The monoisotopic (exact) mass is 359 g/mol. The highest BCUT2D eigenvalue weighted by Crippen LogP contribution is 2.15. The van der Waals surface area contributed by atoms with Gasteiger partial charge in [0.05, 0.1) is 12.6 Å². The molecule has 0 unspecified atom stereocenters. The minimum Gasteiger partial charge on any atom is -0.339 e. The molecule has 1 aliphatic heterocycles. The Hall–Kier alpha value is -0.960. The van der Waals surface area contributed by atoms with Crippen molar-refractivity contribution in [1.82, 2.24) is 19.4 Å². The van der Waals surface area contributed by atoms with Crippen LogP contribution < -0.4 is 5.73 Å². The Morgan fingerprint density at radius 1 is 1.32 bits per heavy atom. The quantitative estimate of drug-likeness (QED) is 0.874. The second-order valence-corrected chi connectivity index (χ2v) is 4.92. The van der Waals surface area contributed by atoms with Gasteiger partial charge in [-0.25, -0.2) is 4.98 Å². The molecule has 22 heavy (non-hydrogen) atoms. The second kappa shape index (κ2) is 9.24. The maximum absolute atomic E-state index is 12.7. The maximum atomic E-state index is 12.7. The molecule has 1 saturated heterocycles. The van der Waals surface area contributed by atoms with Crippen LogP contribution in [0.15, 0.2) is 12.4 Å². The Bertz CT molecular complexity index is 464. The predicted octanol–water partition coefficient (Wildman–Crippen LogP) is 1.11. The zero-order valence-electron chi connectivity index (χ0n) is 12.2. The molecule has 2 rings (SSSR count). The normalized spacial score (nSPS) is 16.9. The zero-order valence-corrected chi connectivity index (χ0v) is 13.8. The van der Waals surface area contributed by atoms with Crippen LogP contribution in [0.1, 0.15) is 19.3 Å². The van der Waals surface area contributed by atoms with Gasteiger partial charge in [-0.05, 0) is 6.92 Å². The summed E-state index contributed by atoms with van der Waals surface area (Å²) in [5, 5.41) is 0. The number of nitrogens with zero attached hydrogens (tertiary/aromatic N) is 4. The summed E-state index contributed by atoms with van der Waals surface area (Å²) in [6.45, 7) is 1.84. The lowest BCUT2D eigenvalue weighted by Gasteiger charge is -2.35. The fraction of sp³-hybridized carbons (Fsp3) is 0.667. The number of imidazole rings is 1. The molecule has 10 heteroatoms. The molecule has 0 radical (unpaired) electrons. The lowest BCUT2D eigenvalue weighted by molar-refractivity contribution is -0.134. The molecule has 0 aromatic carbocycles. The third-order valence-corrected chi connectivity index (χ3v) is 3.40. The Labute approximate surface area is 140 Å². The van der Waals surface area contributed by atoms with E-state index in [4.69, 9.17) is 5.73 Å². The van der Waals surface area contributed by atoms with Gasteiger partial charge in [0.1, 0.15) is 5.82 Å². The summed E-state index contributed by atoms with van der Waals surface area (Å²) in [4.78, 5) is 19.4. The number of amides is 1. The molecule has 1 aromatic rings. The maximum Gasteiger partial charge on any atom is 0.319 e. The number of carbonyl (C=O) groups is 1. The average Bonchev–Trinajstić information content (AvgIpc) is 2.87. The number of alkyl halides is 2. The van der Waals surface area contributed by atoms with E-state index < -0.39 is 12.6 Å². The van der Waals surface area contributed by atoms with E-state index in [-0.39, 0.29) is 30.7 Å². The predicted molar refractivity (Wildman–Crippen MR) is 83.5 cm³/mol. The van der Waals surface area contributed by atoms with Crippen molar-refractivity contribution in [3.63, 3.8) is 0 Å². The Morgan fingerprint density at radius 2 is 1.91 bits per heavy atom. The van der Waals surface area contributed by atoms with E-state index in [0.29, 0.717) is 38.5 Å². The Morgan fingerprint density at radius 3 is 2.41 bits per heavy atom. The van der Waals surface area contributed by atoms with Gasteiger partial charge in [-0.3, -0.25) is 14.3 Å². The first-order valence-corrected chi connectivity index (χ1v) is 6.55. The lowest BCUT2D eigenvalue weighted by atomic mass is 10.2. The van der Waals surface area contributed by atoms with Crippen LogP contribution >= 0.6 is 24.8 Å². The van der Waals surface area contributed by atoms with Gasteiger partial charge in [0.2, 0.25) is 5.91 Å². The molecule has 0 aliphatic carbocycles. The van der Waals surface area contributed by atoms with Crippen molar-refractivity contribution in [2.45, 2.75) is 26.1 Å². The number of aromatic nitrogens is 2. The van der Waals surface area contributed by atoms with E-state index in [0.717, 1.165) is 4.57 Å². The van der Waals surface area contributed by atoms with Gasteiger partial charge in [-0.1, -0.05) is 0 Å². The number of nitrogens with two attached hydrogens (primary N) is 1. The van der Waals surface area contributed by atoms with E-state index in [1.807, 2.05) is 4.90 Å². The molecule has 1 aliphatic rings. The van der Waals surface area contributed by atoms with Crippen molar-refractivity contribution in [1.29, 1.82) is 0 Å². The number of piperazine rings is 1. The fourth-order valence-corrected chi connectivity index (χ4v) is 2.26. The zero-order chi connectivity index (χ0) is 14.7. The first-order chi connectivity index (χ1) is 9.49. The Kier molecular flexibility index (Phi) is 8.84. The van der Waals surface area contributed by atoms with Crippen molar-refractivity contribution in [2.75, 3.05) is 26.2 Å². The first kappa shape index (κ1) is 21.0.